The standard InChI is InChI=1S/C11H10O6S2.2Na/c1-7-2-3-8-5-9(18-16-14-12)6-11(10(8)4-7)19-17-15-13;;/h2-6,12-13H,1H3;;/q;2*+1/p-2. The van der Waals surface area contributed by atoms with Gasteiger partial charge in [-0.1, -0.05) is 23.8 Å². The van der Waals surface area contributed by atoms with E-state index in [4.69, 9.17) is 0 Å². The van der Waals surface area contributed by atoms with Crippen molar-refractivity contribution in [3.8, 4) is 0 Å². The van der Waals surface area contributed by atoms with Gasteiger partial charge >= 0.3 is 59.1 Å². The minimum absolute atomic E-state index is 0. The second kappa shape index (κ2) is 11.7. The molecule has 0 fully saturated rings. The quantitative estimate of drug-likeness (QED) is 0.225. The average Bonchev–Trinajstić information content (AvgIpc) is 2.42. The van der Waals surface area contributed by atoms with Gasteiger partial charge in [0, 0.05) is 9.79 Å². The van der Waals surface area contributed by atoms with E-state index in [2.05, 4.69) is 18.7 Å². The fourth-order valence-electron chi connectivity index (χ4n) is 1.63. The minimum Gasteiger partial charge on any atom is -0.691 e. The van der Waals surface area contributed by atoms with Crippen molar-refractivity contribution in [2.24, 2.45) is 0 Å². The average molecular weight is 346 g/mol. The molecule has 2 aromatic carbocycles. The summed E-state index contributed by atoms with van der Waals surface area (Å²) in [7, 11) is 0. The second-order valence-electron chi connectivity index (χ2n) is 3.58. The Morgan fingerprint density at radius 1 is 0.905 bits per heavy atom. The molecule has 0 radical (unpaired) electrons. The van der Waals surface area contributed by atoms with Crippen LogP contribution in [0.4, 0.5) is 0 Å². The van der Waals surface area contributed by atoms with E-state index in [0.29, 0.717) is 9.79 Å². The van der Waals surface area contributed by atoms with Gasteiger partial charge in [-0.05, 0) is 29.8 Å². The fraction of sp³-hybridized carbons (Fsp3) is 0.0909. The van der Waals surface area contributed by atoms with Gasteiger partial charge in [-0.15, -0.1) is 0 Å². The minimum atomic E-state index is 0. The molecule has 10 heteroatoms. The zero-order chi connectivity index (χ0) is 13.7. The van der Waals surface area contributed by atoms with Crippen LogP contribution in [0, 0.1) is 6.92 Å². The fourth-order valence-corrected chi connectivity index (χ4v) is 2.70. The Kier molecular flexibility index (Phi) is 12.3. The van der Waals surface area contributed by atoms with Crippen molar-refractivity contribution in [2.45, 2.75) is 16.7 Å². The molecule has 0 aliphatic carbocycles. The first-order chi connectivity index (χ1) is 9.24. The van der Waals surface area contributed by atoms with Gasteiger partial charge in [-0.3, -0.25) is 10.1 Å². The number of benzene rings is 2. The molecule has 2 rings (SSSR count). The maximum Gasteiger partial charge on any atom is 1.00 e. The maximum absolute atomic E-state index is 9.93. The summed E-state index contributed by atoms with van der Waals surface area (Å²) < 4.78 is 8.61. The Morgan fingerprint density at radius 3 is 2.24 bits per heavy atom. The molecule has 0 N–H and O–H groups in total. The molecule has 0 spiro atoms. The van der Waals surface area contributed by atoms with Crippen LogP contribution in [-0.2, 0) is 18.7 Å². The Bertz CT molecular complexity index is 572. The molecule has 0 aliphatic rings. The summed E-state index contributed by atoms with van der Waals surface area (Å²) in [6, 6.07) is 9.32. The van der Waals surface area contributed by atoms with E-state index in [-0.39, 0.29) is 59.1 Å². The molecule has 0 aromatic heterocycles. The third kappa shape index (κ3) is 6.66. The van der Waals surface area contributed by atoms with Gasteiger partial charge in [-0.2, -0.15) is 8.67 Å². The van der Waals surface area contributed by atoms with E-state index >= 15 is 0 Å². The van der Waals surface area contributed by atoms with Crippen LogP contribution < -0.4 is 69.6 Å². The maximum atomic E-state index is 9.93. The molecular formula is C11H8Na2O6S2. The van der Waals surface area contributed by atoms with Crippen molar-refractivity contribution < 1.29 is 88.4 Å². The molecule has 0 saturated heterocycles. The van der Waals surface area contributed by atoms with Gasteiger partial charge in [0.05, 0.1) is 24.1 Å². The van der Waals surface area contributed by atoms with Crippen LogP contribution in [0.3, 0.4) is 0 Å². The summed E-state index contributed by atoms with van der Waals surface area (Å²) in [5.74, 6) is 0. The summed E-state index contributed by atoms with van der Waals surface area (Å²) in [4.78, 5) is 1.29. The van der Waals surface area contributed by atoms with E-state index in [0.717, 1.165) is 40.4 Å². The van der Waals surface area contributed by atoms with Gasteiger partial charge in [-0.25, -0.2) is 0 Å². The van der Waals surface area contributed by atoms with Gasteiger partial charge in [0.1, 0.15) is 0 Å². The molecule has 0 heterocycles. The van der Waals surface area contributed by atoms with E-state index in [1.54, 1.807) is 6.07 Å². The summed E-state index contributed by atoms with van der Waals surface area (Å²) in [6.45, 7) is 1.95. The summed E-state index contributed by atoms with van der Waals surface area (Å²) in [5.41, 5.74) is 1.07. The molecule has 0 amide bonds. The number of rotatable bonds is 6. The number of aryl methyl sites for hydroxylation is 1. The van der Waals surface area contributed by atoms with Crippen LogP contribution in [0.1, 0.15) is 5.56 Å². The summed E-state index contributed by atoms with van der Waals surface area (Å²) in [6.07, 6.45) is 0. The van der Waals surface area contributed by atoms with Crippen LogP contribution in [0.15, 0.2) is 40.1 Å². The Hall–Kier alpha value is 1.16. The molecule has 6 nitrogen and oxygen atoms in total. The van der Waals surface area contributed by atoms with Crippen LogP contribution >= 0.6 is 24.1 Å². The van der Waals surface area contributed by atoms with Crippen molar-refractivity contribution >= 4 is 34.9 Å². The van der Waals surface area contributed by atoms with Gasteiger partial charge in [0.25, 0.3) is 0 Å². The van der Waals surface area contributed by atoms with Crippen molar-refractivity contribution in [3.63, 3.8) is 0 Å². The van der Waals surface area contributed by atoms with Gasteiger partial charge in [0.2, 0.25) is 0 Å². The normalized spacial score (nSPS) is 10.0. The summed E-state index contributed by atoms with van der Waals surface area (Å²) >= 11 is 1.55. The first-order valence-electron chi connectivity index (χ1n) is 5.05. The summed E-state index contributed by atoms with van der Waals surface area (Å²) in [5, 5.41) is 28.2. The monoisotopic (exact) mass is 346 g/mol. The van der Waals surface area contributed by atoms with Crippen LogP contribution in [-0.4, -0.2) is 0 Å². The van der Waals surface area contributed by atoms with E-state index in [9.17, 15) is 10.5 Å². The Balaban J connectivity index is 0.00000200. The molecule has 21 heavy (non-hydrogen) atoms. The molecular weight excluding hydrogens is 338 g/mol. The Labute approximate surface area is 174 Å². The molecule has 0 saturated carbocycles. The molecule has 0 atom stereocenters. The van der Waals surface area contributed by atoms with Crippen LogP contribution in [0.5, 0.6) is 0 Å². The van der Waals surface area contributed by atoms with Crippen LogP contribution in [0.25, 0.3) is 10.8 Å². The molecule has 102 valence electrons. The molecule has 0 bridgehead atoms. The van der Waals surface area contributed by atoms with Crippen LogP contribution in [0.2, 0.25) is 0 Å². The van der Waals surface area contributed by atoms with Crippen molar-refractivity contribution in [2.75, 3.05) is 0 Å². The predicted octanol–water partition coefficient (Wildman–Crippen LogP) is -4.38. The second-order valence-corrected chi connectivity index (χ2v) is 5.10. The first kappa shape index (κ1) is 22.2. The van der Waals surface area contributed by atoms with Gasteiger partial charge in [0.15, 0.2) is 0 Å². The van der Waals surface area contributed by atoms with E-state index in [1.807, 2.05) is 31.2 Å². The number of hydrogen-bond acceptors (Lipinski definition) is 8. The smallest absolute Gasteiger partial charge is 0.691 e. The molecule has 0 aliphatic heterocycles. The van der Waals surface area contributed by atoms with E-state index in [1.165, 1.54) is 0 Å². The number of fused-ring (bicyclic) bond motifs is 1. The largest absolute Gasteiger partial charge is 1.00 e. The zero-order valence-corrected chi connectivity index (χ0v) is 17.3. The molecule has 0 unspecified atom stereocenters. The molecule has 2 aromatic rings. The first-order valence-corrected chi connectivity index (χ1v) is 6.53. The third-order valence-electron chi connectivity index (χ3n) is 2.35. The zero-order valence-electron chi connectivity index (χ0n) is 11.7. The predicted molar refractivity (Wildman–Crippen MR) is 64.7 cm³/mol. The topological polar surface area (TPSA) is 83.0 Å². The van der Waals surface area contributed by atoms with Crippen molar-refractivity contribution in [1.82, 2.24) is 0 Å². The van der Waals surface area contributed by atoms with Crippen molar-refractivity contribution in [1.29, 1.82) is 0 Å². The Morgan fingerprint density at radius 2 is 1.57 bits per heavy atom. The van der Waals surface area contributed by atoms with E-state index < -0.39 is 0 Å². The number of hydrogen-bond donors (Lipinski definition) is 0. The SMILES string of the molecule is Cc1ccc2cc(SOO[O-])cc(SOO[O-])c2c1.[Na+].[Na+]. The van der Waals surface area contributed by atoms with Gasteiger partial charge < -0.3 is 10.5 Å². The third-order valence-corrected chi connectivity index (χ3v) is 3.55. The van der Waals surface area contributed by atoms with Crippen molar-refractivity contribution in [3.05, 3.63) is 35.9 Å².